The Morgan fingerprint density at radius 1 is 0.950 bits per heavy atom. The predicted molar refractivity (Wildman–Crippen MR) is 147 cm³/mol. The highest BCUT2D eigenvalue weighted by molar-refractivity contribution is 6.23. The van der Waals surface area contributed by atoms with Gasteiger partial charge in [0.05, 0.1) is 34.1 Å². The highest BCUT2D eigenvalue weighted by Crippen LogP contribution is 2.56. The number of hydrogen-bond acceptors (Lipinski definition) is 7. The third-order valence-corrected chi connectivity index (χ3v) is 8.37. The molecule has 0 bridgehead atoms. The average molecular weight is 535 g/mol. The van der Waals surface area contributed by atoms with Crippen molar-refractivity contribution in [2.45, 2.75) is 32.4 Å². The van der Waals surface area contributed by atoms with Crippen LogP contribution in [0.4, 0.5) is 5.69 Å². The Morgan fingerprint density at radius 3 is 2.38 bits per heavy atom. The SMILES string of the molecule is CC(=O)Oc1ccc(N2C(=O)[C@@H]3[C@H](C(C)C)N[C@]4(c5ccccc5-n5c4nc4ccccc4c5=O)[C@H]3C2=O)cc1. The number of fused-ring (bicyclic) bond motifs is 8. The second-order valence-electron chi connectivity index (χ2n) is 10.9. The van der Waals surface area contributed by atoms with Crippen LogP contribution in [0.1, 0.15) is 32.2 Å². The summed E-state index contributed by atoms with van der Waals surface area (Å²) < 4.78 is 6.73. The average Bonchev–Trinajstić information content (AvgIpc) is 3.53. The number of imide groups is 1. The Hall–Kier alpha value is -4.63. The number of nitrogens with one attached hydrogen (secondary N) is 1. The van der Waals surface area contributed by atoms with Crippen molar-refractivity contribution in [3.63, 3.8) is 0 Å². The minimum Gasteiger partial charge on any atom is -0.427 e. The maximum absolute atomic E-state index is 14.4. The highest BCUT2D eigenvalue weighted by Gasteiger charge is 2.70. The molecule has 2 fully saturated rings. The predicted octanol–water partition coefficient (Wildman–Crippen LogP) is 3.30. The Labute approximate surface area is 229 Å². The molecule has 2 saturated heterocycles. The van der Waals surface area contributed by atoms with Crippen LogP contribution in [0.3, 0.4) is 0 Å². The van der Waals surface area contributed by atoms with Gasteiger partial charge in [-0.3, -0.25) is 29.1 Å². The summed E-state index contributed by atoms with van der Waals surface area (Å²) in [5.74, 6) is -1.90. The van der Waals surface area contributed by atoms with E-state index in [1.807, 2.05) is 44.2 Å². The van der Waals surface area contributed by atoms with Gasteiger partial charge in [0.15, 0.2) is 0 Å². The third-order valence-electron chi connectivity index (χ3n) is 8.37. The van der Waals surface area contributed by atoms with Crippen LogP contribution in [-0.2, 0) is 19.9 Å². The molecule has 3 aliphatic rings. The molecule has 3 aliphatic heterocycles. The van der Waals surface area contributed by atoms with Crippen molar-refractivity contribution in [3.05, 3.63) is 94.5 Å². The summed E-state index contributed by atoms with van der Waals surface area (Å²) in [5.41, 5.74) is 0.937. The zero-order chi connectivity index (χ0) is 27.9. The lowest BCUT2D eigenvalue weighted by Crippen LogP contribution is -2.51. The molecule has 3 aromatic carbocycles. The molecule has 0 unspecified atom stereocenters. The zero-order valence-corrected chi connectivity index (χ0v) is 22.1. The molecule has 9 heteroatoms. The van der Waals surface area contributed by atoms with Crippen LogP contribution in [0.25, 0.3) is 16.6 Å². The number of para-hydroxylation sites is 2. The number of carbonyl (C=O) groups excluding carboxylic acids is 3. The Balaban J connectivity index is 1.45. The highest BCUT2D eigenvalue weighted by atomic mass is 16.5. The lowest BCUT2D eigenvalue weighted by atomic mass is 9.75. The van der Waals surface area contributed by atoms with Gasteiger partial charge in [0.1, 0.15) is 17.1 Å². The number of hydrogen-bond donors (Lipinski definition) is 1. The molecule has 4 heterocycles. The van der Waals surface area contributed by atoms with Gasteiger partial charge in [0, 0.05) is 18.5 Å². The molecule has 9 nitrogen and oxygen atoms in total. The summed E-state index contributed by atoms with van der Waals surface area (Å²) in [6.07, 6.45) is 0. The van der Waals surface area contributed by atoms with E-state index in [9.17, 15) is 19.2 Å². The first-order valence-corrected chi connectivity index (χ1v) is 13.3. The number of rotatable bonds is 3. The van der Waals surface area contributed by atoms with Gasteiger partial charge in [-0.05, 0) is 48.4 Å². The Bertz CT molecular complexity index is 1810. The summed E-state index contributed by atoms with van der Waals surface area (Å²) in [6.45, 7) is 5.34. The first kappa shape index (κ1) is 24.4. The maximum Gasteiger partial charge on any atom is 0.308 e. The number of aromatic nitrogens is 2. The second-order valence-corrected chi connectivity index (χ2v) is 10.9. The van der Waals surface area contributed by atoms with Crippen molar-refractivity contribution >= 4 is 34.4 Å². The molecule has 4 aromatic rings. The number of anilines is 1. The third kappa shape index (κ3) is 3.09. The van der Waals surface area contributed by atoms with Gasteiger partial charge in [0.25, 0.3) is 5.56 Å². The summed E-state index contributed by atoms with van der Waals surface area (Å²) in [7, 11) is 0. The van der Waals surface area contributed by atoms with Crippen molar-refractivity contribution in [1.29, 1.82) is 0 Å². The molecule has 0 aliphatic carbocycles. The second kappa shape index (κ2) is 8.43. The fraction of sp³-hybridized carbons (Fsp3) is 0.258. The van der Waals surface area contributed by atoms with Gasteiger partial charge < -0.3 is 4.74 Å². The lowest BCUT2D eigenvalue weighted by molar-refractivity contribution is -0.132. The van der Waals surface area contributed by atoms with Gasteiger partial charge in [-0.2, -0.15) is 0 Å². The van der Waals surface area contributed by atoms with Crippen LogP contribution in [0.15, 0.2) is 77.6 Å². The van der Waals surface area contributed by atoms with E-state index < -0.39 is 23.3 Å². The van der Waals surface area contributed by atoms with E-state index in [0.717, 1.165) is 5.56 Å². The van der Waals surface area contributed by atoms with Crippen molar-refractivity contribution in [1.82, 2.24) is 14.9 Å². The van der Waals surface area contributed by atoms with E-state index in [0.29, 0.717) is 33.9 Å². The molecular weight excluding hydrogens is 508 g/mol. The number of ether oxygens (including phenoxy) is 1. The van der Waals surface area contributed by atoms with Gasteiger partial charge in [-0.25, -0.2) is 9.88 Å². The van der Waals surface area contributed by atoms with Crippen LogP contribution in [0, 0.1) is 17.8 Å². The molecule has 1 spiro atoms. The van der Waals surface area contributed by atoms with Gasteiger partial charge in [-0.15, -0.1) is 0 Å². The van der Waals surface area contributed by atoms with E-state index in [-0.39, 0.29) is 29.3 Å². The van der Waals surface area contributed by atoms with Crippen molar-refractivity contribution in [2.75, 3.05) is 4.90 Å². The summed E-state index contributed by atoms with van der Waals surface area (Å²) in [4.78, 5) is 60.0. The number of carbonyl (C=O) groups is 3. The lowest BCUT2D eigenvalue weighted by Gasteiger charge is -2.32. The smallest absolute Gasteiger partial charge is 0.308 e. The standard InChI is InChI=1S/C31H26N4O5/c1-16(2)26-24-25(29(39)34(28(24)38)18-12-14-19(15-13-18)40-17(3)36)31(33-26)21-9-5-7-11-23(21)35-27(37)20-8-4-6-10-22(20)32-30(31)35/h4-16,24-26,33H,1-3H3/t24-,25+,26-,31+/m0/s1. The quantitative estimate of drug-likeness (QED) is 0.244. The minimum absolute atomic E-state index is 0.00306. The van der Waals surface area contributed by atoms with E-state index in [1.165, 1.54) is 11.8 Å². The molecule has 4 atom stereocenters. The van der Waals surface area contributed by atoms with Crippen LogP contribution >= 0.6 is 0 Å². The number of nitrogens with zero attached hydrogens (tertiary/aromatic N) is 3. The summed E-state index contributed by atoms with van der Waals surface area (Å²) in [6, 6.07) is 20.7. The van der Waals surface area contributed by atoms with E-state index >= 15 is 0 Å². The first-order chi connectivity index (χ1) is 19.2. The largest absolute Gasteiger partial charge is 0.427 e. The molecule has 40 heavy (non-hydrogen) atoms. The summed E-state index contributed by atoms with van der Waals surface area (Å²) >= 11 is 0. The zero-order valence-electron chi connectivity index (χ0n) is 22.1. The molecule has 0 radical (unpaired) electrons. The normalized spacial score (nSPS) is 24.6. The minimum atomic E-state index is -1.18. The fourth-order valence-corrected chi connectivity index (χ4v) is 6.81. The van der Waals surface area contributed by atoms with E-state index in [4.69, 9.17) is 9.72 Å². The Kier molecular flexibility index (Phi) is 5.15. The monoisotopic (exact) mass is 534 g/mol. The van der Waals surface area contributed by atoms with Gasteiger partial charge >= 0.3 is 5.97 Å². The van der Waals surface area contributed by atoms with E-state index in [2.05, 4.69) is 5.32 Å². The molecule has 200 valence electrons. The van der Waals surface area contributed by atoms with E-state index in [1.54, 1.807) is 47.0 Å². The van der Waals surface area contributed by atoms with Crippen molar-refractivity contribution in [3.8, 4) is 11.4 Å². The van der Waals surface area contributed by atoms with Crippen LogP contribution in [0.2, 0.25) is 0 Å². The molecule has 1 N–H and O–H groups in total. The number of esters is 1. The first-order valence-electron chi connectivity index (χ1n) is 13.3. The molecule has 7 rings (SSSR count). The molecular formula is C31H26N4O5. The van der Waals surface area contributed by atoms with Crippen LogP contribution in [0.5, 0.6) is 5.75 Å². The van der Waals surface area contributed by atoms with Crippen molar-refractivity contribution in [2.24, 2.45) is 17.8 Å². The molecule has 0 saturated carbocycles. The van der Waals surface area contributed by atoms with Crippen LogP contribution in [-0.4, -0.2) is 33.4 Å². The number of amides is 2. The topological polar surface area (TPSA) is 111 Å². The summed E-state index contributed by atoms with van der Waals surface area (Å²) in [5, 5.41) is 4.17. The van der Waals surface area contributed by atoms with Crippen molar-refractivity contribution < 1.29 is 19.1 Å². The molecule has 2 amide bonds. The van der Waals surface area contributed by atoms with Gasteiger partial charge in [-0.1, -0.05) is 44.2 Å². The Morgan fingerprint density at radius 2 is 1.65 bits per heavy atom. The van der Waals surface area contributed by atoms with Crippen LogP contribution < -0.4 is 20.5 Å². The maximum atomic E-state index is 14.4. The number of benzene rings is 3. The van der Waals surface area contributed by atoms with Gasteiger partial charge in [0.2, 0.25) is 11.8 Å². The fourth-order valence-electron chi connectivity index (χ4n) is 6.81. The molecule has 1 aromatic heterocycles.